The van der Waals surface area contributed by atoms with E-state index in [-0.39, 0.29) is 12.2 Å². The summed E-state index contributed by atoms with van der Waals surface area (Å²) in [5.41, 5.74) is 0.809. The van der Waals surface area contributed by atoms with Crippen LogP contribution in [0.15, 0.2) is 29.2 Å². The Balaban J connectivity index is 2.09. The number of aliphatic hydroxyl groups is 1. The van der Waals surface area contributed by atoms with Crippen molar-refractivity contribution < 1.29 is 14.6 Å². The Kier molecular flexibility index (Phi) is 5.48. The van der Waals surface area contributed by atoms with E-state index in [1.54, 1.807) is 0 Å². The number of benzene rings is 1. The molecule has 7 heteroatoms. The molecule has 0 radical (unpaired) electrons. The molecule has 0 bridgehead atoms. The average Bonchev–Trinajstić information content (AvgIpc) is 2.94. The lowest BCUT2D eigenvalue weighted by molar-refractivity contribution is 0.187. The van der Waals surface area contributed by atoms with Gasteiger partial charge in [0.05, 0.1) is 24.6 Å². The van der Waals surface area contributed by atoms with Crippen LogP contribution in [0.2, 0.25) is 0 Å². The molecule has 0 saturated heterocycles. The van der Waals surface area contributed by atoms with Crippen molar-refractivity contribution in [1.29, 1.82) is 0 Å². The standard InChI is InChI=1S/C15H21N3O4/c1-3-21-10-5-6-14(22-4-2)11(7-10)16-9-13(19)12-8-17-15(20)18-12/h5-8,13,16,19H,3-4,9H2,1-2H3,(H2,17,18,20). The Bertz CT molecular complexity index is 650. The van der Waals surface area contributed by atoms with Crippen LogP contribution in [0.4, 0.5) is 5.69 Å². The summed E-state index contributed by atoms with van der Waals surface area (Å²) in [7, 11) is 0. The Morgan fingerprint density at radius 2 is 2.05 bits per heavy atom. The number of H-pyrrole nitrogens is 2. The second kappa shape index (κ2) is 7.56. The van der Waals surface area contributed by atoms with Gasteiger partial charge in [0, 0.05) is 18.8 Å². The number of aliphatic hydroxyl groups excluding tert-OH is 1. The minimum absolute atomic E-state index is 0.226. The zero-order valence-corrected chi connectivity index (χ0v) is 12.7. The third-order valence-electron chi connectivity index (χ3n) is 3.02. The van der Waals surface area contributed by atoms with Crippen molar-refractivity contribution in [2.45, 2.75) is 20.0 Å². The number of nitrogens with one attached hydrogen (secondary N) is 3. The predicted molar refractivity (Wildman–Crippen MR) is 83.6 cm³/mol. The van der Waals surface area contributed by atoms with Gasteiger partial charge in [-0.2, -0.15) is 0 Å². The van der Waals surface area contributed by atoms with E-state index in [9.17, 15) is 9.90 Å². The summed E-state index contributed by atoms with van der Waals surface area (Å²) in [4.78, 5) is 16.0. The number of ether oxygens (including phenoxy) is 2. The minimum atomic E-state index is -0.843. The molecule has 120 valence electrons. The zero-order valence-electron chi connectivity index (χ0n) is 12.7. The minimum Gasteiger partial charge on any atom is -0.494 e. The summed E-state index contributed by atoms with van der Waals surface area (Å²) in [5.74, 6) is 1.40. The summed E-state index contributed by atoms with van der Waals surface area (Å²) < 4.78 is 11.0. The Hall–Kier alpha value is -2.41. The quantitative estimate of drug-likeness (QED) is 0.594. The number of imidazole rings is 1. The first-order valence-electron chi connectivity index (χ1n) is 7.23. The van der Waals surface area contributed by atoms with E-state index in [1.807, 2.05) is 32.0 Å². The number of hydrogen-bond donors (Lipinski definition) is 4. The highest BCUT2D eigenvalue weighted by atomic mass is 16.5. The van der Waals surface area contributed by atoms with E-state index in [4.69, 9.17) is 9.47 Å². The molecule has 1 heterocycles. The second-order valence-electron chi connectivity index (χ2n) is 4.62. The van der Waals surface area contributed by atoms with Crippen molar-refractivity contribution in [3.05, 3.63) is 40.6 Å². The van der Waals surface area contributed by atoms with Gasteiger partial charge >= 0.3 is 5.69 Å². The number of anilines is 1. The van der Waals surface area contributed by atoms with Crippen LogP contribution in [-0.4, -0.2) is 34.8 Å². The Morgan fingerprint density at radius 1 is 1.27 bits per heavy atom. The normalized spacial score (nSPS) is 12.0. The molecule has 2 rings (SSSR count). The average molecular weight is 307 g/mol. The van der Waals surface area contributed by atoms with E-state index in [1.165, 1.54) is 6.20 Å². The van der Waals surface area contributed by atoms with E-state index >= 15 is 0 Å². The molecule has 0 aliphatic heterocycles. The van der Waals surface area contributed by atoms with Crippen LogP contribution in [0.25, 0.3) is 0 Å². The molecule has 0 aliphatic carbocycles. The summed E-state index contributed by atoms with van der Waals surface area (Å²) >= 11 is 0. The zero-order chi connectivity index (χ0) is 15.9. The van der Waals surface area contributed by atoms with E-state index in [2.05, 4.69) is 15.3 Å². The molecule has 1 unspecified atom stereocenters. The highest BCUT2D eigenvalue weighted by Crippen LogP contribution is 2.29. The molecule has 0 saturated carbocycles. The maximum Gasteiger partial charge on any atom is 0.323 e. The third kappa shape index (κ3) is 4.05. The van der Waals surface area contributed by atoms with Crippen LogP contribution in [0.3, 0.4) is 0 Å². The molecule has 0 aliphatic rings. The summed E-state index contributed by atoms with van der Waals surface area (Å²) in [6, 6.07) is 5.47. The lowest BCUT2D eigenvalue weighted by Crippen LogP contribution is -2.14. The maximum atomic E-state index is 11.0. The van der Waals surface area contributed by atoms with E-state index < -0.39 is 6.10 Å². The van der Waals surface area contributed by atoms with Crippen LogP contribution < -0.4 is 20.5 Å². The summed E-state index contributed by atoms with van der Waals surface area (Å²) in [6.07, 6.45) is 0.610. The topological polar surface area (TPSA) is 99.4 Å². The summed E-state index contributed by atoms with van der Waals surface area (Å²) in [6.45, 7) is 5.15. The van der Waals surface area contributed by atoms with Crippen molar-refractivity contribution in [2.24, 2.45) is 0 Å². The molecule has 0 fully saturated rings. The first kappa shape index (κ1) is 16.0. The van der Waals surface area contributed by atoms with Crippen molar-refractivity contribution in [3.8, 4) is 11.5 Å². The molecule has 1 aromatic carbocycles. The van der Waals surface area contributed by atoms with E-state index in [0.29, 0.717) is 24.7 Å². The van der Waals surface area contributed by atoms with Gasteiger partial charge < -0.3 is 29.9 Å². The molecule has 4 N–H and O–H groups in total. The van der Waals surface area contributed by atoms with Gasteiger partial charge in [-0.15, -0.1) is 0 Å². The Morgan fingerprint density at radius 3 is 2.68 bits per heavy atom. The molecular formula is C15H21N3O4. The van der Waals surface area contributed by atoms with Crippen LogP contribution >= 0.6 is 0 Å². The van der Waals surface area contributed by atoms with Crippen LogP contribution in [0.5, 0.6) is 11.5 Å². The van der Waals surface area contributed by atoms with Gasteiger partial charge in [0.1, 0.15) is 17.6 Å². The van der Waals surface area contributed by atoms with Crippen molar-refractivity contribution in [3.63, 3.8) is 0 Å². The molecule has 1 aromatic heterocycles. The molecule has 22 heavy (non-hydrogen) atoms. The van der Waals surface area contributed by atoms with Gasteiger partial charge in [-0.05, 0) is 26.0 Å². The molecular weight excluding hydrogens is 286 g/mol. The fourth-order valence-corrected chi connectivity index (χ4v) is 2.03. The predicted octanol–water partition coefficient (Wildman–Crippen LogP) is 1.65. The second-order valence-corrected chi connectivity index (χ2v) is 4.62. The molecule has 2 aromatic rings. The first-order valence-corrected chi connectivity index (χ1v) is 7.23. The Labute approximate surface area is 128 Å². The monoisotopic (exact) mass is 307 g/mol. The number of aromatic amines is 2. The highest BCUT2D eigenvalue weighted by Gasteiger charge is 2.12. The number of hydrogen-bond acceptors (Lipinski definition) is 5. The van der Waals surface area contributed by atoms with Crippen molar-refractivity contribution >= 4 is 5.69 Å². The maximum absolute atomic E-state index is 11.0. The largest absolute Gasteiger partial charge is 0.494 e. The fraction of sp³-hybridized carbons (Fsp3) is 0.400. The van der Waals surface area contributed by atoms with Crippen LogP contribution in [-0.2, 0) is 0 Å². The van der Waals surface area contributed by atoms with Gasteiger partial charge in [0.15, 0.2) is 0 Å². The molecule has 1 atom stereocenters. The highest BCUT2D eigenvalue weighted by molar-refractivity contribution is 5.59. The van der Waals surface area contributed by atoms with Crippen molar-refractivity contribution in [2.75, 3.05) is 25.1 Å². The number of aromatic nitrogens is 2. The van der Waals surface area contributed by atoms with Crippen LogP contribution in [0, 0.1) is 0 Å². The number of rotatable bonds is 8. The van der Waals surface area contributed by atoms with Gasteiger partial charge in [-0.1, -0.05) is 0 Å². The molecule has 0 amide bonds. The van der Waals surface area contributed by atoms with Crippen molar-refractivity contribution in [1.82, 2.24) is 9.97 Å². The lowest BCUT2D eigenvalue weighted by Gasteiger charge is -2.16. The van der Waals surface area contributed by atoms with Gasteiger partial charge in [0.2, 0.25) is 0 Å². The summed E-state index contributed by atoms with van der Waals surface area (Å²) in [5, 5.41) is 13.2. The van der Waals surface area contributed by atoms with Crippen LogP contribution in [0.1, 0.15) is 25.6 Å². The van der Waals surface area contributed by atoms with Gasteiger partial charge in [-0.3, -0.25) is 0 Å². The SMILES string of the molecule is CCOc1ccc(OCC)c(NCC(O)c2c[nH]c(=O)[nH]2)c1. The van der Waals surface area contributed by atoms with Gasteiger partial charge in [0.25, 0.3) is 0 Å². The smallest absolute Gasteiger partial charge is 0.323 e. The molecule has 0 spiro atoms. The van der Waals surface area contributed by atoms with E-state index in [0.717, 1.165) is 11.4 Å². The fourth-order valence-electron chi connectivity index (χ4n) is 2.03. The third-order valence-corrected chi connectivity index (χ3v) is 3.02. The lowest BCUT2D eigenvalue weighted by atomic mass is 10.2. The van der Waals surface area contributed by atoms with Gasteiger partial charge in [-0.25, -0.2) is 4.79 Å². The molecule has 7 nitrogen and oxygen atoms in total. The first-order chi connectivity index (χ1) is 10.6.